The topological polar surface area (TPSA) is 59.2 Å². The molecule has 2 atom stereocenters. The van der Waals surface area contributed by atoms with E-state index in [0.717, 1.165) is 30.5 Å². The van der Waals surface area contributed by atoms with Crippen LogP contribution < -0.4 is 0 Å². The van der Waals surface area contributed by atoms with Crippen LogP contribution in [-0.2, 0) is 11.2 Å². The molecular formula is C20H25N3O2. The minimum Gasteiger partial charge on any atom is -0.342 e. The van der Waals surface area contributed by atoms with Crippen LogP contribution >= 0.6 is 0 Å². The lowest BCUT2D eigenvalue weighted by Crippen LogP contribution is -2.44. The zero-order valence-corrected chi connectivity index (χ0v) is 14.6. The molecule has 1 amide bonds. The Labute approximate surface area is 148 Å². The van der Waals surface area contributed by atoms with Crippen molar-refractivity contribution in [1.29, 1.82) is 0 Å². The number of fused-ring (bicyclic) bond motifs is 1. The Hall–Kier alpha value is -2.17. The Morgan fingerprint density at radius 3 is 2.76 bits per heavy atom. The third kappa shape index (κ3) is 3.75. The standard InChI is InChI=1S/C20H25N3O2/c24-19(23-13-12-15-6-4-5-9-17(15)14-23)11-10-18-21-20(22-25-18)16-7-2-1-3-8-16/h1-3,7-8,15,17H,4-6,9-14H2. The summed E-state index contributed by atoms with van der Waals surface area (Å²) in [6.45, 7) is 1.86. The van der Waals surface area contributed by atoms with Gasteiger partial charge in [0.05, 0.1) is 0 Å². The summed E-state index contributed by atoms with van der Waals surface area (Å²) in [6.07, 6.45) is 7.49. The summed E-state index contributed by atoms with van der Waals surface area (Å²) >= 11 is 0. The first kappa shape index (κ1) is 16.3. The molecule has 1 aromatic carbocycles. The van der Waals surface area contributed by atoms with Gasteiger partial charge in [0.25, 0.3) is 0 Å². The molecule has 1 aromatic heterocycles. The van der Waals surface area contributed by atoms with Gasteiger partial charge in [-0.1, -0.05) is 54.8 Å². The van der Waals surface area contributed by atoms with Gasteiger partial charge in [-0.3, -0.25) is 4.79 Å². The van der Waals surface area contributed by atoms with Crippen LogP contribution in [0, 0.1) is 11.8 Å². The first-order valence-corrected chi connectivity index (χ1v) is 9.45. The molecule has 1 saturated carbocycles. The quantitative estimate of drug-likeness (QED) is 0.852. The van der Waals surface area contributed by atoms with Crippen LogP contribution in [0.25, 0.3) is 11.4 Å². The molecule has 0 bridgehead atoms. The van der Waals surface area contributed by atoms with Crippen LogP contribution in [0.4, 0.5) is 0 Å². The van der Waals surface area contributed by atoms with Gasteiger partial charge < -0.3 is 9.42 Å². The van der Waals surface area contributed by atoms with E-state index in [1.165, 1.54) is 32.1 Å². The Balaban J connectivity index is 1.31. The maximum Gasteiger partial charge on any atom is 0.227 e. The molecule has 4 rings (SSSR count). The lowest BCUT2D eigenvalue weighted by atomic mass is 9.75. The van der Waals surface area contributed by atoms with Crippen LogP contribution in [0.2, 0.25) is 0 Å². The highest BCUT2D eigenvalue weighted by molar-refractivity contribution is 5.76. The predicted octanol–water partition coefficient (Wildman–Crippen LogP) is 3.71. The van der Waals surface area contributed by atoms with Crippen molar-refractivity contribution in [3.8, 4) is 11.4 Å². The summed E-state index contributed by atoms with van der Waals surface area (Å²) in [7, 11) is 0. The van der Waals surface area contributed by atoms with E-state index in [1.54, 1.807) is 0 Å². The highest BCUT2D eigenvalue weighted by Gasteiger charge is 2.32. The van der Waals surface area contributed by atoms with Gasteiger partial charge in [-0.2, -0.15) is 4.98 Å². The van der Waals surface area contributed by atoms with Crippen molar-refractivity contribution >= 4 is 5.91 Å². The van der Waals surface area contributed by atoms with Crippen LogP contribution in [0.1, 0.15) is 44.4 Å². The number of carbonyl (C=O) groups is 1. The SMILES string of the molecule is O=C(CCc1nc(-c2ccccc2)no1)N1CCC2CCCCC2C1. The summed E-state index contributed by atoms with van der Waals surface area (Å²) in [5.74, 6) is 2.93. The van der Waals surface area contributed by atoms with Gasteiger partial charge >= 0.3 is 0 Å². The fraction of sp³-hybridized carbons (Fsp3) is 0.550. The number of aryl methyl sites for hydroxylation is 1. The van der Waals surface area contributed by atoms with Gasteiger partial charge in [-0.05, 0) is 24.7 Å². The molecule has 1 aliphatic heterocycles. The van der Waals surface area contributed by atoms with Gasteiger partial charge in [0, 0.05) is 31.5 Å². The fourth-order valence-electron chi connectivity index (χ4n) is 4.26. The number of piperidine rings is 1. The van der Waals surface area contributed by atoms with Crippen molar-refractivity contribution < 1.29 is 9.32 Å². The Morgan fingerprint density at radius 2 is 1.92 bits per heavy atom. The molecule has 2 fully saturated rings. The second-order valence-corrected chi connectivity index (χ2v) is 7.31. The maximum atomic E-state index is 12.6. The molecule has 2 aromatic rings. The Morgan fingerprint density at radius 1 is 1.12 bits per heavy atom. The van der Waals surface area contributed by atoms with Gasteiger partial charge in [0.1, 0.15) is 0 Å². The van der Waals surface area contributed by atoms with Crippen molar-refractivity contribution in [3.05, 3.63) is 36.2 Å². The molecule has 5 heteroatoms. The number of rotatable bonds is 4. The van der Waals surface area contributed by atoms with Crippen LogP contribution in [0.15, 0.2) is 34.9 Å². The van der Waals surface area contributed by atoms with Crippen molar-refractivity contribution in [2.24, 2.45) is 11.8 Å². The minimum atomic E-state index is 0.225. The van der Waals surface area contributed by atoms with Crippen molar-refractivity contribution in [2.45, 2.75) is 44.9 Å². The number of benzene rings is 1. The monoisotopic (exact) mass is 339 g/mol. The number of hydrogen-bond donors (Lipinski definition) is 0. The molecule has 0 spiro atoms. The van der Waals surface area contributed by atoms with Crippen molar-refractivity contribution in [1.82, 2.24) is 15.0 Å². The number of likely N-dealkylation sites (tertiary alicyclic amines) is 1. The van der Waals surface area contributed by atoms with E-state index in [1.807, 2.05) is 30.3 Å². The van der Waals surface area contributed by atoms with Crippen molar-refractivity contribution in [2.75, 3.05) is 13.1 Å². The van der Waals surface area contributed by atoms with Gasteiger partial charge in [-0.25, -0.2) is 0 Å². The molecule has 25 heavy (non-hydrogen) atoms. The summed E-state index contributed by atoms with van der Waals surface area (Å²) in [5.41, 5.74) is 0.934. The summed E-state index contributed by atoms with van der Waals surface area (Å²) < 4.78 is 5.31. The Kier molecular flexibility index (Phi) is 4.81. The number of aromatic nitrogens is 2. The maximum absolute atomic E-state index is 12.6. The summed E-state index contributed by atoms with van der Waals surface area (Å²) in [5, 5.41) is 4.02. The predicted molar refractivity (Wildman–Crippen MR) is 94.7 cm³/mol. The number of amides is 1. The van der Waals surface area contributed by atoms with E-state index in [2.05, 4.69) is 15.0 Å². The first-order chi connectivity index (χ1) is 12.3. The number of carbonyl (C=O) groups excluding carboxylic acids is 1. The van der Waals surface area contributed by atoms with Gasteiger partial charge in [0.15, 0.2) is 0 Å². The smallest absolute Gasteiger partial charge is 0.227 e. The third-order valence-corrected chi connectivity index (χ3v) is 5.70. The average molecular weight is 339 g/mol. The zero-order valence-electron chi connectivity index (χ0n) is 14.6. The molecule has 132 valence electrons. The molecule has 2 unspecified atom stereocenters. The van der Waals surface area contributed by atoms with E-state index in [4.69, 9.17) is 4.52 Å². The van der Waals surface area contributed by atoms with E-state index in [0.29, 0.717) is 24.6 Å². The Bertz CT molecular complexity index is 713. The zero-order chi connectivity index (χ0) is 17.1. The van der Waals surface area contributed by atoms with Gasteiger partial charge in [-0.15, -0.1) is 0 Å². The normalized spacial score (nSPS) is 23.3. The molecule has 0 radical (unpaired) electrons. The first-order valence-electron chi connectivity index (χ1n) is 9.45. The summed E-state index contributed by atoms with van der Waals surface area (Å²) in [6, 6.07) is 9.76. The molecule has 2 heterocycles. The van der Waals surface area contributed by atoms with Crippen LogP contribution in [0.5, 0.6) is 0 Å². The van der Waals surface area contributed by atoms with E-state index in [-0.39, 0.29) is 5.91 Å². The molecule has 0 N–H and O–H groups in total. The average Bonchev–Trinajstić information content (AvgIpc) is 3.15. The summed E-state index contributed by atoms with van der Waals surface area (Å²) in [4.78, 5) is 19.0. The van der Waals surface area contributed by atoms with Gasteiger partial charge in [0.2, 0.25) is 17.6 Å². The van der Waals surface area contributed by atoms with Crippen LogP contribution in [-0.4, -0.2) is 34.0 Å². The molecule has 1 saturated heterocycles. The lowest BCUT2D eigenvalue weighted by Gasteiger charge is -2.41. The van der Waals surface area contributed by atoms with Crippen LogP contribution in [0.3, 0.4) is 0 Å². The van der Waals surface area contributed by atoms with E-state index in [9.17, 15) is 4.79 Å². The minimum absolute atomic E-state index is 0.225. The molecule has 5 nitrogen and oxygen atoms in total. The second kappa shape index (κ2) is 7.38. The number of nitrogens with zero attached hydrogens (tertiary/aromatic N) is 3. The van der Waals surface area contributed by atoms with E-state index < -0.39 is 0 Å². The highest BCUT2D eigenvalue weighted by Crippen LogP contribution is 2.36. The molecular weight excluding hydrogens is 314 g/mol. The fourth-order valence-corrected chi connectivity index (χ4v) is 4.26. The number of hydrogen-bond acceptors (Lipinski definition) is 4. The second-order valence-electron chi connectivity index (χ2n) is 7.31. The van der Waals surface area contributed by atoms with Crippen molar-refractivity contribution in [3.63, 3.8) is 0 Å². The lowest BCUT2D eigenvalue weighted by molar-refractivity contribution is -0.134. The highest BCUT2D eigenvalue weighted by atomic mass is 16.5. The molecule has 2 aliphatic rings. The molecule has 1 aliphatic carbocycles. The largest absolute Gasteiger partial charge is 0.342 e. The third-order valence-electron chi connectivity index (χ3n) is 5.70. The van der Waals surface area contributed by atoms with E-state index >= 15 is 0 Å².